The summed E-state index contributed by atoms with van der Waals surface area (Å²) in [5, 5.41) is 0. The number of rotatable bonds is 3. The zero-order valence-corrected chi connectivity index (χ0v) is 13.5. The number of amides is 1. The molecule has 8 heteroatoms. The topological polar surface area (TPSA) is 80.7 Å². The Morgan fingerprint density at radius 3 is 1.76 bits per heavy atom. The molecule has 0 atom stereocenters. The van der Waals surface area contributed by atoms with Gasteiger partial charge in [0.05, 0.1) is 25.4 Å². The lowest BCUT2D eigenvalue weighted by molar-refractivity contribution is -0.123. The third-order valence-corrected chi connectivity index (χ3v) is 4.08. The van der Waals surface area contributed by atoms with Gasteiger partial charge in [-0.25, -0.2) is 0 Å². The van der Waals surface area contributed by atoms with Gasteiger partial charge in [-0.2, -0.15) is 9.97 Å². The molecule has 0 spiro atoms. The van der Waals surface area contributed by atoms with Crippen LogP contribution in [0.25, 0.3) is 0 Å². The van der Waals surface area contributed by atoms with E-state index in [1.54, 1.807) is 4.90 Å². The van der Waals surface area contributed by atoms with Gasteiger partial charge in [0.25, 0.3) is 5.91 Å². The van der Waals surface area contributed by atoms with Gasteiger partial charge in [-0.15, -0.1) is 4.98 Å². The molecule has 1 amide bonds. The first-order valence-corrected chi connectivity index (χ1v) is 6.59. The summed E-state index contributed by atoms with van der Waals surface area (Å²) in [4.78, 5) is 28.6. The molecular formula is C13H21N5O3. The maximum Gasteiger partial charge on any atom is 0.324 e. The highest BCUT2D eigenvalue weighted by Crippen LogP contribution is 2.39. The molecule has 2 rings (SSSR count). The Hall–Kier alpha value is -1.96. The predicted octanol–water partition coefficient (Wildman–Crippen LogP) is 0.682. The number of hydrogen-bond acceptors (Lipinski definition) is 7. The van der Waals surface area contributed by atoms with Crippen LogP contribution in [-0.4, -0.2) is 58.2 Å². The first-order valence-electron chi connectivity index (χ1n) is 6.59. The van der Waals surface area contributed by atoms with Crippen molar-refractivity contribution < 1.29 is 14.3 Å². The Labute approximate surface area is 124 Å². The minimum absolute atomic E-state index is 0.0923. The van der Waals surface area contributed by atoms with E-state index in [0.29, 0.717) is 0 Å². The van der Waals surface area contributed by atoms with Crippen LogP contribution >= 0.6 is 0 Å². The molecule has 0 N–H and O–H groups in total. The van der Waals surface area contributed by atoms with Gasteiger partial charge in [0.2, 0.25) is 5.95 Å². The molecule has 1 aromatic heterocycles. The van der Waals surface area contributed by atoms with Crippen LogP contribution in [0, 0.1) is 0 Å². The third kappa shape index (κ3) is 2.19. The van der Waals surface area contributed by atoms with E-state index >= 15 is 0 Å². The molecule has 1 aliphatic rings. The van der Waals surface area contributed by atoms with E-state index in [2.05, 4.69) is 15.0 Å². The SMILES string of the molecule is COc1nc(OC)nc(N2C(=O)C(C)(C)N(C)C2(C)C)n1. The van der Waals surface area contributed by atoms with E-state index < -0.39 is 11.2 Å². The minimum atomic E-state index is -0.656. The summed E-state index contributed by atoms with van der Waals surface area (Å²) >= 11 is 0. The number of likely N-dealkylation sites (N-methyl/N-ethyl adjacent to an activating group) is 1. The van der Waals surface area contributed by atoms with Crippen LogP contribution in [0.15, 0.2) is 0 Å². The number of carbonyl (C=O) groups excluding carboxylic acids is 1. The zero-order valence-electron chi connectivity index (χ0n) is 13.5. The number of anilines is 1. The van der Waals surface area contributed by atoms with Crippen molar-refractivity contribution in [2.45, 2.75) is 38.9 Å². The molecule has 0 aliphatic carbocycles. The Balaban J connectivity index is 2.58. The quantitative estimate of drug-likeness (QED) is 0.811. The largest absolute Gasteiger partial charge is 0.467 e. The zero-order chi connectivity index (χ0) is 16.0. The molecule has 21 heavy (non-hydrogen) atoms. The molecule has 116 valence electrons. The maximum absolute atomic E-state index is 12.8. The average Bonchev–Trinajstić information content (AvgIpc) is 2.56. The first kappa shape index (κ1) is 15.4. The fourth-order valence-corrected chi connectivity index (χ4v) is 2.45. The summed E-state index contributed by atoms with van der Waals surface area (Å²) in [7, 11) is 4.80. The third-order valence-electron chi connectivity index (χ3n) is 4.08. The first-order chi connectivity index (χ1) is 9.66. The average molecular weight is 295 g/mol. The van der Waals surface area contributed by atoms with E-state index in [9.17, 15) is 4.79 Å². The van der Waals surface area contributed by atoms with Gasteiger partial charge in [0.15, 0.2) is 0 Å². The van der Waals surface area contributed by atoms with E-state index in [0.717, 1.165) is 0 Å². The second kappa shape index (κ2) is 4.80. The van der Waals surface area contributed by atoms with Crippen molar-refractivity contribution in [2.75, 3.05) is 26.2 Å². The number of ether oxygens (including phenoxy) is 2. The number of carbonyl (C=O) groups is 1. The van der Waals surface area contributed by atoms with Crippen LogP contribution in [0.3, 0.4) is 0 Å². The lowest BCUT2D eigenvalue weighted by atomic mass is 10.0. The molecule has 0 radical (unpaired) electrons. The van der Waals surface area contributed by atoms with Gasteiger partial charge in [0.1, 0.15) is 0 Å². The molecule has 8 nitrogen and oxygen atoms in total. The molecule has 1 saturated heterocycles. The van der Waals surface area contributed by atoms with Gasteiger partial charge in [-0.3, -0.25) is 14.6 Å². The van der Waals surface area contributed by atoms with Crippen molar-refractivity contribution in [1.82, 2.24) is 19.9 Å². The molecule has 0 saturated carbocycles. The van der Waals surface area contributed by atoms with Crippen molar-refractivity contribution >= 4 is 11.9 Å². The molecule has 1 fully saturated rings. The van der Waals surface area contributed by atoms with Crippen LogP contribution < -0.4 is 14.4 Å². The predicted molar refractivity (Wildman–Crippen MR) is 76.3 cm³/mol. The fraction of sp³-hybridized carbons (Fsp3) is 0.692. The molecule has 1 aromatic rings. The number of nitrogens with zero attached hydrogens (tertiary/aromatic N) is 5. The molecule has 2 heterocycles. The summed E-state index contributed by atoms with van der Waals surface area (Å²) < 4.78 is 10.1. The van der Waals surface area contributed by atoms with E-state index in [1.807, 2.05) is 39.6 Å². The minimum Gasteiger partial charge on any atom is -0.467 e. The van der Waals surface area contributed by atoms with Gasteiger partial charge >= 0.3 is 12.0 Å². The number of aromatic nitrogens is 3. The normalized spacial score (nSPS) is 20.7. The monoisotopic (exact) mass is 295 g/mol. The second-order valence-corrected chi connectivity index (χ2v) is 5.86. The van der Waals surface area contributed by atoms with Crippen molar-refractivity contribution in [3.63, 3.8) is 0 Å². The highest BCUT2D eigenvalue weighted by molar-refractivity contribution is 6.02. The number of hydrogen-bond donors (Lipinski definition) is 0. The molecule has 0 unspecified atom stereocenters. The van der Waals surface area contributed by atoms with Gasteiger partial charge in [0, 0.05) is 0 Å². The summed E-state index contributed by atoms with van der Waals surface area (Å²) in [6.07, 6.45) is 0. The van der Waals surface area contributed by atoms with Crippen LogP contribution in [0.1, 0.15) is 27.7 Å². The molecule has 0 bridgehead atoms. The highest BCUT2D eigenvalue weighted by Gasteiger charge is 2.56. The molecular weight excluding hydrogens is 274 g/mol. The van der Waals surface area contributed by atoms with Crippen LogP contribution in [0.5, 0.6) is 12.0 Å². The van der Waals surface area contributed by atoms with E-state index in [-0.39, 0.29) is 23.9 Å². The van der Waals surface area contributed by atoms with Crippen molar-refractivity contribution in [2.24, 2.45) is 0 Å². The summed E-state index contributed by atoms with van der Waals surface area (Å²) in [5.74, 6) is 0.122. The van der Waals surface area contributed by atoms with Crippen LogP contribution in [-0.2, 0) is 4.79 Å². The van der Waals surface area contributed by atoms with Gasteiger partial charge < -0.3 is 9.47 Å². The second-order valence-electron chi connectivity index (χ2n) is 5.86. The highest BCUT2D eigenvalue weighted by atomic mass is 16.5. The smallest absolute Gasteiger partial charge is 0.324 e. The molecule has 1 aliphatic heterocycles. The molecule has 0 aromatic carbocycles. The summed E-state index contributed by atoms with van der Waals surface area (Å²) in [6.45, 7) is 7.60. The summed E-state index contributed by atoms with van der Waals surface area (Å²) in [6, 6.07) is 0.209. The van der Waals surface area contributed by atoms with E-state index in [1.165, 1.54) is 14.2 Å². The maximum atomic E-state index is 12.8. The van der Waals surface area contributed by atoms with Crippen molar-refractivity contribution in [3.05, 3.63) is 0 Å². The lowest BCUT2D eigenvalue weighted by Crippen LogP contribution is -2.50. The standard InChI is InChI=1S/C13H21N5O3/c1-12(2)8(19)18(13(3,4)17(12)5)9-14-10(20-6)16-11(15-9)21-7/h1-7H3. The number of methoxy groups -OCH3 is 2. The van der Waals surface area contributed by atoms with Crippen LogP contribution in [0.4, 0.5) is 5.95 Å². The Morgan fingerprint density at radius 1 is 0.952 bits per heavy atom. The van der Waals surface area contributed by atoms with Crippen LogP contribution in [0.2, 0.25) is 0 Å². The summed E-state index contributed by atoms with van der Waals surface area (Å²) in [5.41, 5.74) is -1.24. The fourth-order valence-electron chi connectivity index (χ4n) is 2.45. The Kier molecular flexibility index (Phi) is 3.53. The van der Waals surface area contributed by atoms with E-state index in [4.69, 9.17) is 9.47 Å². The lowest BCUT2D eigenvalue weighted by Gasteiger charge is -2.36. The van der Waals surface area contributed by atoms with Gasteiger partial charge in [-0.1, -0.05) is 0 Å². The van der Waals surface area contributed by atoms with Gasteiger partial charge in [-0.05, 0) is 34.7 Å². The Bertz CT molecular complexity index is 551. The van der Waals surface area contributed by atoms with Crippen molar-refractivity contribution in [1.29, 1.82) is 0 Å². The Morgan fingerprint density at radius 2 is 1.43 bits per heavy atom. The van der Waals surface area contributed by atoms with Crippen molar-refractivity contribution in [3.8, 4) is 12.0 Å².